The van der Waals surface area contributed by atoms with Crippen LogP contribution in [0.2, 0.25) is 0 Å². The molecule has 2 heterocycles. The van der Waals surface area contributed by atoms with Gasteiger partial charge in [-0.3, -0.25) is 0 Å². The summed E-state index contributed by atoms with van der Waals surface area (Å²) in [5, 5.41) is 0. The van der Waals surface area contributed by atoms with Gasteiger partial charge < -0.3 is 19.2 Å². The van der Waals surface area contributed by atoms with Crippen LogP contribution in [0.1, 0.15) is 33.6 Å². The van der Waals surface area contributed by atoms with Crippen LogP contribution in [-0.4, -0.2) is 48.2 Å². The highest BCUT2D eigenvalue weighted by Gasteiger charge is 2.49. The van der Waals surface area contributed by atoms with Gasteiger partial charge in [-0.15, -0.1) is 0 Å². The molecule has 1 amide bonds. The van der Waals surface area contributed by atoms with Crippen molar-refractivity contribution in [1.29, 1.82) is 0 Å². The Bertz CT molecular complexity index is 331. The number of ether oxygens (including phenoxy) is 2. The molecular formula is C13H21NO4. The average Bonchev–Trinajstić information content (AvgIpc) is 2.23. The molecule has 0 radical (unpaired) electrons. The first-order valence-corrected chi connectivity index (χ1v) is 6.41. The van der Waals surface area contributed by atoms with Crippen molar-refractivity contribution in [2.24, 2.45) is 5.92 Å². The van der Waals surface area contributed by atoms with Gasteiger partial charge >= 0.3 is 6.09 Å². The Labute approximate surface area is 107 Å². The highest BCUT2D eigenvalue weighted by molar-refractivity contribution is 5.69. The number of carbonyl (C=O) groups excluding carboxylic acids is 2. The molecule has 1 spiro atoms. The first kappa shape index (κ1) is 13.3. The maximum Gasteiger partial charge on any atom is 0.410 e. The van der Waals surface area contributed by atoms with E-state index in [0.717, 1.165) is 19.1 Å². The normalized spacial score (nSPS) is 26.6. The molecule has 2 fully saturated rings. The Morgan fingerprint density at radius 2 is 2.11 bits per heavy atom. The summed E-state index contributed by atoms with van der Waals surface area (Å²) in [7, 11) is 0. The molecule has 0 aromatic carbocycles. The van der Waals surface area contributed by atoms with Crippen LogP contribution in [0.15, 0.2) is 0 Å². The van der Waals surface area contributed by atoms with E-state index in [1.807, 2.05) is 20.8 Å². The zero-order chi connectivity index (χ0) is 13.4. The van der Waals surface area contributed by atoms with Gasteiger partial charge in [0.15, 0.2) is 0 Å². The molecule has 0 aromatic rings. The van der Waals surface area contributed by atoms with Gasteiger partial charge in [-0.1, -0.05) is 0 Å². The summed E-state index contributed by atoms with van der Waals surface area (Å²) in [6, 6.07) is 0. The third-order valence-corrected chi connectivity index (χ3v) is 3.38. The van der Waals surface area contributed by atoms with Gasteiger partial charge in [0.05, 0.1) is 19.7 Å². The topological polar surface area (TPSA) is 55.8 Å². The molecule has 5 nitrogen and oxygen atoms in total. The van der Waals surface area contributed by atoms with Crippen LogP contribution < -0.4 is 0 Å². The summed E-state index contributed by atoms with van der Waals surface area (Å²) in [4.78, 5) is 24.1. The third kappa shape index (κ3) is 2.83. The number of amides is 1. The molecule has 2 saturated heterocycles. The van der Waals surface area contributed by atoms with E-state index in [2.05, 4.69) is 0 Å². The summed E-state index contributed by atoms with van der Waals surface area (Å²) in [5.74, 6) is 0.0196. The van der Waals surface area contributed by atoms with Crippen LogP contribution in [-0.2, 0) is 14.3 Å². The summed E-state index contributed by atoms with van der Waals surface area (Å²) in [5.41, 5.74) is -0.688. The van der Waals surface area contributed by atoms with Crippen LogP contribution in [0, 0.1) is 5.92 Å². The molecule has 0 bridgehead atoms. The van der Waals surface area contributed by atoms with Crippen molar-refractivity contribution < 1.29 is 19.1 Å². The Balaban J connectivity index is 1.80. The van der Waals surface area contributed by atoms with Crippen LogP contribution in [0.25, 0.3) is 0 Å². The zero-order valence-corrected chi connectivity index (χ0v) is 11.3. The first-order valence-electron chi connectivity index (χ1n) is 6.41. The van der Waals surface area contributed by atoms with E-state index in [-0.39, 0.29) is 17.6 Å². The van der Waals surface area contributed by atoms with Crippen LogP contribution in [0.3, 0.4) is 0 Å². The van der Waals surface area contributed by atoms with Gasteiger partial charge in [0.2, 0.25) is 0 Å². The first-order chi connectivity index (χ1) is 8.34. The van der Waals surface area contributed by atoms with Crippen LogP contribution >= 0.6 is 0 Å². The van der Waals surface area contributed by atoms with Gasteiger partial charge in [-0.2, -0.15) is 0 Å². The Morgan fingerprint density at radius 3 is 2.56 bits per heavy atom. The smallest absolute Gasteiger partial charge is 0.410 e. The minimum absolute atomic E-state index is 0.0196. The summed E-state index contributed by atoms with van der Waals surface area (Å²) < 4.78 is 11.0. The van der Waals surface area contributed by atoms with Crippen molar-refractivity contribution in [2.45, 2.75) is 44.8 Å². The number of likely N-dealkylation sites (tertiary alicyclic amines) is 1. The van der Waals surface area contributed by atoms with Gasteiger partial charge in [-0.25, -0.2) is 4.79 Å². The lowest BCUT2D eigenvalue weighted by molar-refractivity contribution is -0.174. The highest BCUT2D eigenvalue weighted by Crippen LogP contribution is 2.36. The van der Waals surface area contributed by atoms with E-state index in [9.17, 15) is 9.59 Å². The van der Waals surface area contributed by atoms with Gasteiger partial charge in [0.25, 0.3) is 0 Å². The Kier molecular flexibility index (Phi) is 3.36. The lowest BCUT2D eigenvalue weighted by Crippen LogP contribution is -2.66. The van der Waals surface area contributed by atoms with E-state index in [1.165, 1.54) is 0 Å². The second-order valence-electron chi connectivity index (χ2n) is 6.27. The molecule has 102 valence electrons. The molecule has 2 aliphatic heterocycles. The average molecular weight is 255 g/mol. The Hall–Kier alpha value is -1.10. The van der Waals surface area contributed by atoms with Gasteiger partial charge in [0.1, 0.15) is 17.5 Å². The fourth-order valence-corrected chi connectivity index (χ4v) is 2.35. The number of hydrogen-bond donors (Lipinski definition) is 0. The second-order valence-corrected chi connectivity index (χ2v) is 6.27. The SMILES string of the molecule is CC(C)(C)OC(=O)N1CC2(CCC(C=O)CO2)C1. The molecule has 1 atom stereocenters. The van der Waals surface area contributed by atoms with Crippen molar-refractivity contribution in [2.75, 3.05) is 19.7 Å². The van der Waals surface area contributed by atoms with Crippen LogP contribution in [0.4, 0.5) is 4.79 Å². The number of nitrogens with zero attached hydrogens (tertiary/aromatic N) is 1. The van der Waals surface area contributed by atoms with Crippen molar-refractivity contribution in [3.63, 3.8) is 0 Å². The van der Waals surface area contributed by atoms with E-state index in [4.69, 9.17) is 9.47 Å². The zero-order valence-electron chi connectivity index (χ0n) is 11.3. The van der Waals surface area contributed by atoms with E-state index in [0.29, 0.717) is 19.7 Å². The van der Waals surface area contributed by atoms with Crippen molar-refractivity contribution >= 4 is 12.4 Å². The maximum atomic E-state index is 11.8. The molecule has 2 aliphatic rings. The van der Waals surface area contributed by atoms with E-state index < -0.39 is 5.60 Å². The van der Waals surface area contributed by atoms with Crippen molar-refractivity contribution in [3.8, 4) is 0 Å². The summed E-state index contributed by atoms with van der Waals surface area (Å²) >= 11 is 0. The van der Waals surface area contributed by atoms with Crippen molar-refractivity contribution in [3.05, 3.63) is 0 Å². The highest BCUT2D eigenvalue weighted by atomic mass is 16.6. The van der Waals surface area contributed by atoms with Crippen LogP contribution in [0.5, 0.6) is 0 Å². The lowest BCUT2D eigenvalue weighted by Gasteiger charge is -2.51. The molecule has 0 saturated carbocycles. The number of carbonyl (C=O) groups is 2. The minimum Gasteiger partial charge on any atom is -0.444 e. The molecule has 0 aliphatic carbocycles. The quantitative estimate of drug-likeness (QED) is 0.668. The predicted molar refractivity (Wildman–Crippen MR) is 65.3 cm³/mol. The molecule has 5 heteroatoms. The monoisotopic (exact) mass is 255 g/mol. The summed E-state index contributed by atoms with van der Waals surface area (Å²) in [6.07, 6.45) is 2.37. The lowest BCUT2D eigenvalue weighted by atomic mass is 9.83. The number of aldehydes is 1. The molecule has 0 N–H and O–H groups in total. The second kappa shape index (κ2) is 4.53. The fourth-order valence-electron chi connectivity index (χ4n) is 2.35. The summed E-state index contributed by atoms with van der Waals surface area (Å²) in [6.45, 7) is 7.19. The maximum absolute atomic E-state index is 11.8. The molecular weight excluding hydrogens is 234 g/mol. The standard InChI is InChI=1S/C13H21NO4/c1-12(2,3)18-11(16)14-8-13(9-14)5-4-10(6-15)7-17-13/h6,10H,4-5,7-9H2,1-3H3. The van der Waals surface area contributed by atoms with Crippen molar-refractivity contribution in [1.82, 2.24) is 4.90 Å². The van der Waals surface area contributed by atoms with E-state index in [1.54, 1.807) is 4.90 Å². The molecule has 0 aromatic heterocycles. The molecule has 18 heavy (non-hydrogen) atoms. The van der Waals surface area contributed by atoms with Gasteiger partial charge in [0, 0.05) is 5.92 Å². The predicted octanol–water partition coefficient (Wildman–Crippen LogP) is 1.60. The fraction of sp³-hybridized carbons (Fsp3) is 0.846. The molecule has 2 rings (SSSR count). The largest absolute Gasteiger partial charge is 0.444 e. The van der Waals surface area contributed by atoms with Gasteiger partial charge in [-0.05, 0) is 33.6 Å². The molecule has 1 unspecified atom stereocenters. The minimum atomic E-state index is -0.462. The Morgan fingerprint density at radius 1 is 1.44 bits per heavy atom. The number of hydrogen-bond acceptors (Lipinski definition) is 4. The van der Waals surface area contributed by atoms with E-state index >= 15 is 0 Å². The third-order valence-electron chi connectivity index (χ3n) is 3.38. The number of rotatable bonds is 1.